The van der Waals surface area contributed by atoms with E-state index in [1.54, 1.807) is 0 Å². The summed E-state index contributed by atoms with van der Waals surface area (Å²) in [5, 5.41) is 0. The van der Waals surface area contributed by atoms with Crippen LogP contribution in [0.1, 0.15) is 206 Å². The molecule has 352 valence electrons. The Labute approximate surface area is 373 Å². The zero-order chi connectivity index (χ0) is 44.6. The van der Waals surface area contributed by atoms with Crippen LogP contribution in [0.5, 0.6) is 0 Å². The van der Waals surface area contributed by atoms with Gasteiger partial charge in [0.15, 0.2) is 6.10 Å². The summed E-state index contributed by atoms with van der Waals surface area (Å²) in [6.45, 7) is 3.57. The number of carbonyl (C=O) groups excluding carboxylic acids is 2. The van der Waals surface area contributed by atoms with Crippen molar-refractivity contribution < 1.29 is 37.6 Å². The number of ether oxygens (including phenoxy) is 2. The van der Waals surface area contributed by atoms with Crippen molar-refractivity contribution in [1.29, 1.82) is 0 Å². The predicted octanol–water partition coefficient (Wildman–Crippen LogP) is 14.6. The fraction of sp³-hybridized carbons (Fsp3) is 0.725. The minimum Gasteiger partial charge on any atom is -0.462 e. The maximum atomic E-state index is 12.6. The van der Waals surface area contributed by atoms with E-state index in [0.717, 1.165) is 77.0 Å². The summed E-state index contributed by atoms with van der Waals surface area (Å²) in [5.74, 6) is -0.836. The first-order chi connectivity index (χ1) is 29.8. The molecule has 0 aliphatic rings. The topological polar surface area (TPSA) is 134 Å². The van der Waals surface area contributed by atoms with Crippen molar-refractivity contribution in [1.82, 2.24) is 0 Å². The van der Waals surface area contributed by atoms with E-state index in [9.17, 15) is 19.0 Å². The fourth-order valence-corrected chi connectivity index (χ4v) is 7.29. The van der Waals surface area contributed by atoms with E-state index in [4.69, 9.17) is 24.3 Å². The van der Waals surface area contributed by atoms with Gasteiger partial charge in [0.05, 0.1) is 13.2 Å². The van der Waals surface area contributed by atoms with Crippen molar-refractivity contribution >= 4 is 19.8 Å². The molecular weight excluding hydrogens is 786 g/mol. The van der Waals surface area contributed by atoms with Crippen LogP contribution in [0.2, 0.25) is 0 Å². The van der Waals surface area contributed by atoms with Crippen LogP contribution in [0.25, 0.3) is 0 Å². The van der Waals surface area contributed by atoms with Gasteiger partial charge in [-0.25, -0.2) is 4.57 Å². The Morgan fingerprint density at radius 3 is 1.34 bits per heavy atom. The maximum absolute atomic E-state index is 12.6. The molecule has 0 fully saturated rings. The standard InChI is InChI=1S/C51H90NO8P/c1-3-5-7-9-11-12-13-14-15-16-17-18-19-20-21-22-23-24-25-26-27-28-29-30-31-32-33-34-35-36-38-40-42-44-51(54)60-49(48-59-61(55,56)58-46-45-52)47-57-50(53)43-41-39-37-10-8-6-4-2/h5,7,11-12,14-15,17-18,20-21,23-24,49H,3-4,6,8-10,13,16,19,22,25-48,52H2,1-2H3,(H,55,56)/b7-5-,12-11-,15-14-,18-17-,21-20-,24-23-. The molecule has 0 amide bonds. The first-order valence-corrected chi connectivity index (χ1v) is 25.9. The third-order valence-electron chi connectivity index (χ3n) is 10.1. The summed E-state index contributed by atoms with van der Waals surface area (Å²) in [6.07, 6.45) is 58.4. The van der Waals surface area contributed by atoms with Gasteiger partial charge >= 0.3 is 19.8 Å². The number of allylic oxidation sites excluding steroid dienone is 12. The Balaban J connectivity index is 3.86. The van der Waals surface area contributed by atoms with Gasteiger partial charge in [0.2, 0.25) is 0 Å². The number of phosphoric ester groups is 1. The highest BCUT2D eigenvalue weighted by molar-refractivity contribution is 7.47. The van der Waals surface area contributed by atoms with E-state index >= 15 is 0 Å². The molecule has 0 heterocycles. The Bertz CT molecular complexity index is 1230. The van der Waals surface area contributed by atoms with Gasteiger partial charge in [0.1, 0.15) is 6.61 Å². The van der Waals surface area contributed by atoms with Gasteiger partial charge in [-0.3, -0.25) is 18.6 Å². The molecule has 0 rings (SSSR count). The fourth-order valence-electron chi connectivity index (χ4n) is 6.52. The molecule has 0 bridgehead atoms. The van der Waals surface area contributed by atoms with Crippen LogP contribution in [0.3, 0.4) is 0 Å². The normalized spacial score (nSPS) is 13.8. The quantitative estimate of drug-likeness (QED) is 0.0265. The van der Waals surface area contributed by atoms with Crippen molar-refractivity contribution in [3.8, 4) is 0 Å². The van der Waals surface area contributed by atoms with Gasteiger partial charge in [-0.2, -0.15) is 0 Å². The first kappa shape index (κ1) is 58.5. The highest BCUT2D eigenvalue weighted by atomic mass is 31.2. The second-order valence-corrected chi connectivity index (χ2v) is 17.4. The smallest absolute Gasteiger partial charge is 0.462 e. The summed E-state index contributed by atoms with van der Waals surface area (Å²) >= 11 is 0. The lowest BCUT2D eigenvalue weighted by Gasteiger charge is -2.19. The molecule has 2 unspecified atom stereocenters. The van der Waals surface area contributed by atoms with Crippen molar-refractivity contribution in [3.63, 3.8) is 0 Å². The molecule has 0 aliphatic heterocycles. The molecule has 2 atom stereocenters. The highest BCUT2D eigenvalue weighted by Crippen LogP contribution is 2.43. The SMILES string of the molecule is CC/C=C\C/C=C\C/C=C\C/C=C\C/C=C\C/C=C\CCCCCCCCCCCCCCCCC(=O)OC(COC(=O)CCCCCCCCC)COP(=O)(O)OCCN. The van der Waals surface area contributed by atoms with E-state index in [-0.39, 0.29) is 38.6 Å². The number of rotatable bonds is 45. The van der Waals surface area contributed by atoms with Gasteiger partial charge in [0.25, 0.3) is 0 Å². The Hall–Kier alpha value is -2.55. The summed E-state index contributed by atoms with van der Waals surface area (Å²) in [4.78, 5) is 34.7. The lowest BCUT2D eigenvalue weighted by Crippen LogP contribution is -2.29. The number of esters is 2. The molecule has 0 aromatic heterocycles. The number of unbranched alkanes of at least 4 members (excludes halogenated alkanes) is 20. The number of nitrogens with two attached hydrogens (primary N) is 1. The molecule has 0 saturated carbocycles. The highest BCUT2D eigenvalue weighted by Gasteiger charge is 2.26. The van der Waals surface area contributed by atoms with Gasteiger partial charge in [-0.1, -0.05) is 202 Å². The third kappa shape index (κ3) is 46.8. The lowest BCUT2D eigenvalue weighted by atomic mass is 10.0. The Kier molecular flexibility index (Phi) is 45.0. The first-order valence-electron chi connectivity index (χ1n) is 24.4. The number of phosphoric acid groups is 1. The molecule has 0 aromatic rings. The monoisotopic (exact) mass is 876 g/mol. The van der Waals surface area contributed by atoms with Crippen LogP contribution >= 0.6 is 7.82 Å². The average Bonchev–Trinajstić information content (AvgIpc) is 3.25. The Morgan fingerprint density at radius 2 is 0.902 bits per heavy atom. The van der Waals surface area contributed by atoms with E-state index < -0.39 is 26.5 Å². The molecule has 3 N–H and O–H groups in total. The van der Waals surface area contributed by atoms with Crippen molar-refractivity contribution in [2.45, 2.75) is 213 Å². The molecule has 10 heteroatoms. The minimum absolute atomic E-state index is 0.0522. The van der Waals surface area contributed by atoms with Crippen molar-refractivity contribution in [2.75, 3.05) is 26.4 Å². The van der Waals surface area contributed by atoms with Crippen LogP contribution in [0.15, 0.2) is 72.9 Å². The number of carbonyl (C=O) groups is 2. The van der Waals surface area contributed by atoms with Crippen LogP contribution in [-0.2, 0) is 32.7 Å². The minimum atomic E-state index is -4.37. The molecule has 0 radical (unpaired) electrons. The molecule has 0 aromatic carbocycles. The van der Waals surface area contributed by atoms with Crippen molar-refractivity contribution in [2.24, 2.45) is 5.73 Å². The lowest BCUT2D eigenvalue weighted by molar-refractivity contribution is -0.161. The zero-order valence-corrected chi connectivity index (χ0v) is 39.8. The second kappa shape index (κ2) is 46.9. The summed E-state index contributed by atoms with van der Waals surface area (Å²) in [7, 11) is -4.37. The molecule has 61 heavy (non-hydrogen) atoms. The van der Waals surface area contributed by atoms with Gasteiger partial charge < -0.3 is 20.1 Å². The van der Waals surface area contributed by atoms with Crippen molar-refractivity contribution in [3.05, 3.63) is 72.9 Å². The van der Waals surface area contributed by atoms with E-state index in [1.165, 1.54) is 96.3 Å². The largest absolute Gasteiger partial charge is 0.472 e. The summed E-state index contributed by atoms with van der Waals surface area (Å²) < 4.78 is 32.7. The predicted molar refractivity (Wildman–Crippen MR) is 256 cm³/mol. The van der Waals surface area contributed by atoms with Crippen LogP contribution in [0, 0.1) is 0 Å². The van der Waals surface area contributed by atoms with Gasteiger partial charge in [-0.05, 0) is 64.2 Å². The van der Waals surface area contributed by atoms with E-state index in [0.29, 0.717) is 6.42 Å². The molecule has 0 spiro atoms. The van der Waals surface area contributed by atoms with Gasteiger partial charge in [-0.15, -0.1) is 0 Å². The maximum Gasteiger partial charge on any atom is 0.472 e. The molecule has 0 saturated heterocycles. The molecular formula is C51H90NO8P. The second-order valence-electron chi connectivity index (χ2n) is 16.0. The van der Waals surface area contributed by atoms with Crippen LogP contribution in [0.4, 0.5) is 0 Å². The number of hydrogen-bond acceptors (Lipinski definition) is 8. The van der Waals surface area contributed by atoms with Crippen LogP contribution in [-0.4, -0.2) is 49.3 Å². The van der Waals surface area contributed by atoms with Gasteiger partial charge in [0, 0.05) is 19.4 Å². The van der Waals surface area contributed by atoms with E-state index in [1.807, 2.05) is 0 Å². The van der Waals surface area contributed by atoms with Crippen LogP contribution < -0.4 is 5.73 Å². The summed E-state index contributed by atoms with van der Waals surface area (Å²) in [5.41, 5.74) is 5.34. The molecule has 0 aliphatic carbocycles. The zero-order valence-electron chi connectivity index (χ0n) is 38.9. The summed E-state index contributed by atoms with van der Waals surface area (Å²) in [6, 6.07) is 0. The molecule has 9 nitrogen and oxygen atoms in total. The Morgan fingerprint density at radius 1 is 0.508 bits per heavy atom. The number of hydrogen-bond donors (Lipinski definition) is 2. The van der Waals surface area contributed by atoms with E-state index in [2.05, 4.69) is 86.8 Å². The third-order valence-corrected chi connectivity index (χ3v) is 11.1. The average molecular weight is 876 g/mol.